The van der Waals surface area contributed by atoms with Gasteiger partial charge in [-0.1, -0.05) is 50.2 Å². The maximum Gasteiger partial charge on any atom is 0.375 e. The van der Waals surface area contributed by atoms with Gasteiger partial charge in [0, 0.05) is 35.4 Å². The van der Waals surface area contributed by atoms with Crippen molar-refractivity contribution in [1.82, 2.24) is 65.0 Å². The van der Waals surface area contributed by atoms with E-state index >= 15 is 0 Å². The van der Waals surface area contributed by atoms with Crippen molar-refractivity contribution < 1.29 is 24.2 Å². The lowest BCUT2D eigenvalue weighted by Gasteiger charge is -2.10. The standard InChI is InChI=1S/C21H20ClN7O.C13H9ClN4O2.C4H5N3O2.2CH4/c1-12-5-19(23)27-13(2)17(12)9-25-21(30)20-26-11-29(28-20)10-14-3-4-18-15(6-14)7-16(22)8-24-18;14-10-4-9-3-8(1-2-11(9)15-5-10)6-18-7-16-12(17-18)13(19)20;1-9-4(8)3-5-2-6-7-3;;/h3-8,11H,9-10H2,1-2H3,(H2,23,27)(H,25,30);1-5,7H,6H2,(H,19,20);2H,1H3,(H,5,6,7);2*1H4. The molecule has 0 saturated carbocycles. The molecule has 2 aromatic carbocycles. The van der Waals surface area contributed by atoms with Crippen molar-refractivity contribution in [3.63, 3.8) is 0 Å². The number of fused-ring (bicyclic) bond motifs is 2. The molecule has 5 N–H and O–H groups in total. The summed E-state index contributed by atoms with van der Waals surface area (Å²) >= 11 is 11.9. The number of benzene rings is 2. The number of amides is 1. The van der Waals surface area contributed by atoms with Crippen LogP contribution >= 0.6 is 23.2 Å². The number of methoxy groups -OCH3 is 1. The fourth-order valence-electron chi connectivity index (χ4n) is 5.63. The van der Waals surface area contributed by atoms with Crippen molar-refractivity contribution in [2.45, 2.75) is 48.3 Å². The number of aromatic amines is 1. The lowest BCUT2D eigenvalue weighted by Crippen LogP contribution is -2.25. The number of nitrogens with one attached hydrogen (secondary N) is 2. The molecule has 0 aliphatic heterocycles. The van der Waals surface area contributed by atoms with Gasteiger partial charge in [0.05, 0.1) is 41.3 Å². The molecule has 0 unspecified atom stereocenters. The quantitative estimate of drug-likeness (QED) is 0.119. The highest BCUT2D eigenvalue weighted by atomic mass is 35.5. The van der Waals surface area contributed by atoms with Crippen molar-refractivity contribution in [3.8, 4) is 0 Å². The van der Waals surface area contributed by atoms with Crippen LogP contribution in [0.4, 0.5) is 5.82 Å². The van der Waals surface area contributed by atoms with E-state index in [-0.39, 0.29) is 38.2 Å². The lowest BCUT2D eigenvalue weighted by molar-refractivity contribution is 0.0586. The van der Waals surface area contributed by atoms with Gasteiger partial charge in [-0.25, -0.2) is 38.9 Å². The molecule has 21 heteroatoms. The van der Waals surface area contributed by atoms with Gasteiger partial charge in [-0.3, -0.25) is 19.9 Å². The summed E-state index contributed by atoms with van der Waals surface area (Å²) in [6.45, 7) is 5.04. The van der Waals surface area contributed by atoms with Crippen molar-refractivity contribution in [1.29, 1.82) is 0 Å². The number of aromatic nitrogens is 12. The summed E-state index contributed by atoms with van der Waals surface area (Å²) in [5.41, 5.74) is 12.1. The molecule has 0 aliphatic rings. The number of anilines is 1. The van der Waals surface area contributed by atoms with Gasteiger partial charge < -0.3 is 20.9 Å². The van der Waals surface area contributed by atoms with Gasteiger partial charge in [-0.05, 0) is 78.6 Å². The van der Waals surface area contributed by atoms with E-state index in [1.165, 1.54) is 30.8 Å². The Morgan fingerprint density at radius 2 is 1.36 bits per heavy atom. The van der Waals surface area contributed by atoms with E-state index in [1.807, 2.05) is 62.4 Å². The van der Waals surface area contributed by atoms with Crippen LogP contribution < -0.4 is 11.1 Å². The summed E-state index contributed by atoms with van der Waals surface area (Å²) in [7, 11) is 1.28. The number of halogens is 2. The predicted octanol–water partition coefficient (Wildman–Crippen LogP) is 6.14. The first kappa shape index (κ1) is 46.3. The number of aryl methyl sites for hydroxylation is 2. The fourth-order valence-corrected chi connectivity index (χ4v) is 5.96. The largest absolute Gasteiger partial charge is 0.475 e. The first-order chi connectivity index (χ1) is 28.3. The Kier molecular flexibility index (Phi) is 16.0. The topological polar surface area (TPSA) is 260 Å². The molecule has 0 fully saturated rings. The summed E-state index contributed by atoms with van der Waals surface area (Å²) in [5, 5.41) is 28.6. The van der Waals surface area contributed by atoms with Gasteiger partial charge in [-0.15, -0.1) is 10.2 Å². The van der Waals surface area contributed by atoms with Gasteiger partial charge in [0.25, 0.3) is 11.7 Å². The van der Waals surface area contributed by atoms with Crippen molar-refractivity contribution >= 4 is 68.7 Å². The van der Waals surface area contributed by atoms with E-state index in [2.05, 4.69) is 60.4 Å². The van der Waals surface area contributed by atoms with Crippen LogP contribution in [0, 0.1) is 13.8 Å². The van der Waals surface area contributed by atoms with Crippen molar-refractivity contribution in [3.05, 3.63) is 141 Å². The predicted molar refractivity (Wildman–Crippen MR) is 229 cm³/mol. The Balaban J connectivity index is 0.000000227. The monoisotopic (exact) mass is 868 g/mol. The molecule has 316 valence electrons. The third-order valence-electron chi connectivity index (χ3n) is 8.37. The third-order valence-corrected chi connectivity index (χ3v) is 8.79. The molecular formula is C40H42Cl2N14O5. The second-order valence-electron chi connectivity index (χ2n) is 12.6. The normalized spacial score (nSPS) is 10.3. The molecule has 8 rings (SSSR count). The third kappa shape index (κ3) is 12.3. The molecule has 0 aliphatic carbocycles. The van der Waals surface area contributed by atoms with Crippen LogP contribution in [-0.2, 0) is 24.4 Å². The molecule has 19 nitrogen and oxygen atoms in total. The van der Waals surface area contributed by atoms with Crippen molar-refractivity contribution in [2.24, 2.45) is 0 Å². The smallest absolute Gasteiger partial charge is 0.375 e. The number of pyridine rings is 3. The van der Waals surface area contributed by atoms with Crippen LogP contribution in [0.15, 0.2) is 86.0 Å². The molecule has 0 saturated heterocycles. The average Bonchev–Trinajstić information content (AvgIpc) is 4.01. The number of carbonyl (C=O) groups is 3. The molecule has 6 heterocycles. The van der Waals surface area contributed by atoms with Crippen LogP contribution in [0.5, 0.6) is 0 Å². The summed E-state index contributed by atoms with van der Waals surface area (Å²) in [4.78, 5) is 57.8. The van der Waals surface area contributed by atoms with E-state index in [0.29, 0.717) is 35.5 Å². The van der Waals surface area contributed by atoms with Gasteiger partial charge >= 0.3 is 11.9 Å². The summed E-state index contributed by atoms with van der Waals surface area (Å²) in [6, 6.07) is 17.1. The fraction of sp³-hybridized carbons (Fsp3) is 0.200. The Bertz CT molecular complexity index is 2750. The van der Waals surface area contributed by atoms with Crippen LogP contribution in [0.3, 0.4) is 0 Å². The second-order valence-corrected chi connectivity index (χ2v) is 13.5. The number of hydrogen-bond acceptors (Lipinski definition) is 14. The first-order valence-corrected chi connectivity index (χ1v) is 18.2. The SMILES string of the molecule is C.C.COC(=O)c1ncn[nH]1.Cc1cc(N)nc(C)c1CNC(=O)c1ncn(Cc2ccc3ncc(Cl)cc3c2)n1.O=C(O)c1ncn(Cc2ccc3ncc(Cl)cc3c2)n1. The molecule has 1 amide bonds. The number of hydrogen-bond donors (Lipinski definition) is 4. The number of nitrogens with zero attached hydrogens (tertiary/aromatic N) is 11. The number of esters is 1. The number of ether oxygens (including phenoxy) is 1. The van der Waals surface area contributed by atoms with E-state index in [9.17, 15) is 14.4 Å². The Morgan fingerprint density at radius 3 is 1.85 bits per heavy atom. The van der Waals surface area contributed by atoms with Gasteiger partial charge in [0.15, 0.2) is 0 Å². The highest BCUT2D eigenvalue weighted by Crippen LogP contribution is 2.20. The number of carbonyl (C=O) groups excluding carboxylic acids is 2. The van der Waals surface area contributed by atoms with E-state index < -0.39 is 11.9 Å². The maximum absolute atomic E-state index is 12.5. The molecule has 0 bridgehead atoms. The van der Waals surface area contributed by atoms with Gasteiger partial charge in [-0.2, -0.15) is 5.10 Å². The zero-order valence-corrected chi connectivity index (χ0v) is 33.0. The average molecular weight is 870 g/mol. The van der Waals surface area contributed by atoms with E-state index in [1.54, 1.807) is 23.1 Å². The number of carboxylic acids is 1. The van der Waals surface area contributed by atoms with Gasteiger partial charge in [0.1, 0.15) is 24.8 Å². The summed E-state index contributed by atoms with van der Waals surface area (Å²) in [5.74, 6) is -1.51. The maximum atomic E-state index is 12.5. The Morgan fingerprint density at radius 1 is 0.803 bits per heavy atom. The first-order valence-electron chi connectivity index (χ1n) is 17.4. The summed E-state index contributed by atoms with van der Waals surface area (Å²) < 4.78 is 7.42. The number of nitrogens with two attached hydrogens (primary N) is 1. The second kappa shape index (κ2) is 21.0. The van der Waals surface area contributed by atoms with Crippen LogP contribution in [0.25, 0.3) is 21.8 Å². The number of carboxylic acid groups (broad SMARTS) is 1. The summed E-state index contributed by atoms with van der Waals surface area (Å²) in [6.07, 6.45) is 7.39. The molecule has 8 aromatic rings. The Labute approximate surface area is 359 Å². The highest BCUT2D eigenvalue weighted by molar-refractivity contribution is 6.31. The molecule has 61 heavy (non-hydrogen) atoms. The number of rotatable bonds is 9. The minimum atomic E-state index is -1.14. The molecule has 0 atom stereocenters. The molecular weight excluding hydrogens is 827 g/mol. The minimum absolute atomic E-state index is 0. The van der Waals surface area contributed by atoms with Crippen LogP contribution in [-0.4, -0.2) is 89.7 Å². The van der Waals surface area contributed by atoms with Gasteiger partial charge in [0.2, 0.25) is 11.6 Å². The van der Waals surface area contributed by atoms with E-state index in [4.69, 9.17) is 34.0 Å². The minimum Gasteiger partial charge on any atom is -0.475 e. The van der Waals surface area contributed by atoms with Crippen LogP contribution in [0.2, 0.25) is 10.0 Å². The van der Waals surface area contributed by atoms with Crippen molar-refractivity contribution in [2.75, 3.05) is 12.8 Å². The van der Waals surface area contributed by atoms with Crippen LogP contribution in [0.1, 0.15) is 74.7 Å². The lowest BCUT2D eigenvalue weighted by atomic mass is 10.1. The number of H-pyrrole nitrogens is 1. The Hall–Kier alpha value is -7.38. The molecule has 0 spiro atoms. The number of aromatic carboxylic acids is 1. The zero-order chi connectivity index (χ0) is 42.1. The highest BCUT2D eigenvalue weighted by Gasteiger charge is 2.14. The van der Waals surface area contributed by atoms with E-state index in [0.717, 1.165) is 49.8 Å². The number of nitrogen functional groups attached to an aromatic ring is 1. The zero-order valence-electron chi connectivity index (χ0n) is 31.5. The molecule has 6 aromatic heterocycles. The molecule has 0 radical (unpaired) electrons.